The molecule has 2 amide bonds. The summed E-state index contributed by atoms with van der Waals surface area (Å²) in [7, 11) is 0. The third-order valence-corrected chi connectivity index (χ3v) is 4.06. The van der Waals surface area contributed by atoms with Crippen LogP contribution in [0.2, 0.25) is 0 Å². The first-order valence-electron chi connectivity index (χ1n) is 8.78. The van der Waals surface area contributed by atoms with Gasteiger partial charge in [-0.1, -0.05) is 26.0 Å². The average Bonchev–Trinajstić information content (AvgIpc) is 2.59. The summed E-state index contributed by atoms with van der Waals surface area (Å²) in [5.74, 6) is -0.691. The molecule has 0 saturated carbocycles. The fourth-order valence-electron chi connectivity index (χ4n) is 2.63. The molecule has 6 nitrogen and oxygen atoms in total. The lowest BCUT2D eigenvalue weighted by Gasteiger charge is -2.24. The maximum atomic E-state index is 12.1. The number of nitrogens with zero attached hydrogens (tertiary/aromatic N) is 1. The second-order valence-electron chi connectivity index (χ2n) is 5.71. The summed E-state index contributed by atoms with van der Waals surface area (Å²) in [6.45, 7) is 8.00. The summed E-state index contributed by atoms with van der Waals surface area (Å²) in [5.41, 5.74) is 0.830. The van der Waals surface area contributed by atoms with Crippen LogP contribution in [0.3, 0.4) is 0 Å². The van der Waals surface area contributed by atoms with Crippen LogP contribution in [-0.2, 0) is 14.3 Å². The molecular weight excluding hydrogens is 320 g/mol. The van der Waals surface area contributed by atoms with Crippen LogP contribution < -0.4 is 10.2 Å². The quantitative estimate of drug-likeness (QED) is 0.696. The molecule has 0 heterocycles. The predicted octanol–water partition coefficient (Wildman–Crippen LogP) is 2.77. The van der Waals surface area contributed by atoms with Gasteiger partial charge >= 0.3 is 5.97 Å². The fourth-order valence-corrected chi connectivity index (χ4v) is 2.63. The number of para-hydroxylation sites is 1. The Morgan fingerprint density at radius 3 is 2.32 bits per heavy atom. The first-order chi connectivity index (χ1) is 12.0. The molecule has 0 aliphatic rings. The fraction of sp³-hybridized carbons (Fsp3) is 0.526. The normalized spacial score (nSPS) is 10.4. The zero-order valence-corrected chi connectivity index (χ0v) is 15.5. The Morgan fingerprint density at radius 2 is 1.76 bits per heavy atom. The molecule has 1 N–H and O–H groups in total. The van der Waals surface area contributed by atoms with E-state index in [4.69, 9.17) is 4.74 Å². The summed E-state index contributed by atoms with van der Waals surface area (Å²) in [5, 5.41) is 2.86. The van der Waals surface area contributed by atoms with Gasteiger partial charge in [-0.25, -0.2) is 4.79 Å². The van der Waals surface area contributed by atoms with Gasteiger partial charge in [0.25, 0.3) is 0 Å². The summed E-state index contributed by atoms with van der Waals surface area (Å²) in [6.07, 6.45) is 1.56. The standard InChI is InChI=1S/C19H28N2O4/c1-5-15(6-2)18(23)20-12-13-21(14(4)22)17-11-9-8-10-16(17)19(24)25-7-3/h8-11,15H,5-7,12-13H2,1-4H3,(H,20,23). The number of benzene rings is 1. The molecule has 25 heavy (non-hydrogen) atoms. The van der Waals surface area contributed by atoms with Crippen LogP contribution in [0, 0.1) is 5.92 Å². The van der Waals surface area contributed by atoms with Crippen molar-refractivity contribution >= 4 is 23.5 Å². The summed E-state index contributed by atoms with van der Waals surface area (Å²) < 4.78 is 5.06. The number of carbonyl (C=O) groups is 3. The topological polar surface area (TPSA) is 75.7 Å². The van der Waals surface area contributed by atoms with E-state index in [1.807, 2.05) is 13.8 Å². The van der Waals surface area contributed by atoms with Crippen LogP contribution in [-0.4, -0.2) is 37.5 Å². The second kappa shape index (κ2) is 10.5. The number of nitrogens with one attached hydrogen (secondary N) is 1. The molecule has 0 atom stereocenters. The number of ether oxygens (including phenoxy) is 1. The number of amides is 2. The number of hydrogen-bond acceptors (Lipinski definition) is 4. The molecule has 6 heteroatoms. The molecule has 1 aromatic carbocycles. The Morgan fingerprint density at radius 1 is 1.12 bits per heavy atom. The van der Waals surface area contributed by atoms with Gasteiger partial charge < -0.3 is 15.0 Å². The Bertz CT molecular complexity index is 597. The van der Waals surface area contributed by atoms with Gasteiger partial charge in [-0.05, 0) is 31.9 Å². The summed E-state index contributed by atoms with van der Waals surface area (Å²) in [6, 6.07) is 6.82. The molecule has 0 bridgehead atoms. The maximum Gasteiger partial charge on any atom is 0.340 e. The highest BCUT2D eigenvalue weighted by Crippen LogP contribution is 2.21. The molecule has 138 valence electrons. The second-order valence-corrected chi connectivity index (χ2v) is 5.71. The maximum absolute atomic E-state index is 12.1. The molecule has 0 aliphatic carbocycles. The highest BCUT2D eigenvalue weighted by atomic mass is 16.5. The number of carbonyl (C=O) groups excluding carboxylic acids is 3. The van der Waals surface area contributed by atoms with Crippen molar-refractivity contribution in [2.24, 2.45) is 5.92 Å². The Hall–Kier alpha value is -2.37. The van der Waals surface area contributed by atoms with Crippen LogP contribution in [0.15, 0.2) is 24.3 Å². The van der Waals surface area contributed by atoms with Crippen molar-refractivity contribution in [3.8, 4) is 0 Å². The van der Waals surface area contributed by atoms with Crippen LogP contribution in [0.1, 0.15) is 50.9 Å². The highest BCUT2D eigenvalue weighted by molar-refractivity contribution is 6.02. The third kappa shape index (κ3) is 5.89. The monoisotopic (exact) mass is 348 g/mol. The van der Waals surface area contributed by atoms with E-state index >= 15 is 0 Å². The summed E-state index contributed by atoms with van der Waals surface area (Å²) in [4.78, 5) is 37.7. The van der Waals surface area contributed by atoms with Crippen LogP contribution in [0.4, 0.5) is 5.69 Å². The van der Waals surface area contributed by atoms with Gasteiger partial charge in [0.2, 0.25) is 11.8 Å². The lowest BCUT2D eigenvalue weighted by Crippen LogP contribution is -2.40. The van der Waals surface area contributed by atoms with Crippen molar-refractivity contribution in [2.75, 3.05) is 24.6 Å². The van der Waals surface area contributed by atoms with E-state index < -0.39 is 5.97 Å². The Balaban J connectivity index is 2.86. The van der Waals surface area contributed by atoms with E-state index in [0.717, 1.165) is 12.8 Å². The van der Waals surface area contributed by atoms with E-state index in [1.165, 1.54) is 11.8 Å². The van der Waals surface area contributed by atoms with Crippen molar-refractivity contribution < 1.29 is 19.1 Å². The smallest absolute Gasteiger partial charge is 0.340 e. The lowest BCUT2D eigenvalue weighted by atomic mass is 10.0. The zero-order chi connectivity index (χ0) is 18.8. The minimum Gasteiger partial charge on any atom is -0.462 e. The van der Waals surface area contributed by atoms with E-state index in [-0.39, 0.29) is 30.9 Å². The minimum atomic E-state index is -0.467. The molecule has 0 spiro atoms. The molecule has 1 aromatic rings. The van der Waals surface area contributed by atoms with Gasteiger partial charge in [0.1, 0.15) is 0 Å². The Labute approximate surface area is 149 Å². The molecule has 0 radical (unpaired) electrons. The average molecular weight is 348 g/mol. The summed E-state index contributed by atoms with van der Waals surface area (Å²) >= 11 is 0. The van der Waals surface area contributed by atoms with Gasteiger partial charge in [-0.2, -0.15) is 0 Å². The largest absolute Gasteiger partial charge is 0.462 e. The molecule has 1 rings (SSSR count). The van der Waals surface area contributed by atoms with Gasteiger partial charge in [-0.3, -0.25) is 9.59 Å². The number of hydrogen-bond donors (Lipinski definition) is 1. The van der Waals surface area contributed by atoms with Crippen molar-refractivity contribution in [1.29, 1.82) is 0 Å². The molecule has 0 saturated heterocycles. The third-order valence-electron chi connectivity index (χ3n) is 4.06. The van der Waals surface area contributed by atoms with Crippen LogP contribution >= 0.6 is 0 Å². The van der Waals surface area contributed by atoms with Gasteiger partial charge in [-0.15, -0.1) is 0 Å². The number of rotatable bonds is 9. The van der Waals surface area contributed by atoms with Crippen molar-refractivity contribution in [2.45, 2.75) is 40.5 Å². The van der Waals surface area contributed by atoms with Crippen LogP contribution in [0.5, 0.6) is 0 Å². The SMILES string of the molecule is CCOC(=O)c1ccccc1N(CCNC(=O)C(CC)CC)C(C)=O. The van der Waals surface area contributed by atoms with Gasteiger partial charge in [0.05, 0.1) is 17.9 Å². The number of esters is 1. The molecule has 0 fully saturated rings. The van der Waals surface area contributed by atoms with E-state index in [0.29, 0.717) is 17.8 Å². The molecular formula is C19H28N2O4. The predicted molar refractivity (Wildman–Crippen MR) is 97.5 cm³/mol. The first kappa shape index (κ1) is 20.7. The van der Waals surface area contributed by atoms with Gasteiger partial charge in [0.15, 0.2) is 0 Å². The van der Waals surface area contributed by atoms with Crippen molar-refractivity contribution in [3.63, 3.8) is 0 Å². The molecule has 0 aromatic heterocycles. The van der Waals surface area contributed by atoms with Crippen molar-refractivity contribution in [3.05, 3.63) is 29.8 Å². The zero-order valence-electron chi connectivity index (χ0n) is 15.5. The first-order valence-corrected chi connectivity index (χ1v) is 8.78. The van der Waals surface area contributed by atoms with Crippen molar-refractivity contribution in [1.82, 2.24) is 5.32 Å². The van der Waals surface area contributed by atoms with Gasteiger partial charge in [0, 0.05) is 25.9 Å². The van der Waals surface area contributed by atoms with E-state index in [9.17, 15) is 14.4 Å². The Kier molecular flexibility index (Phi) is 8.67. The molecule has 0 aliphatic heterocycles. The lowest BCUT2D eigenvalue weighted by molar-refractivity contribution is -0.125. The number of anilines is 1. The highest BCUT2D eigenvalue weighted by Gasteiger charge is 2.20. The van der Waals surface area contributed by atoms with E-state index in [2.05, 4.69) is 5.32 Å². The molecule has 0 unspecified atom stereocenters. The van der Waals surface area contributed by atoms with Crippen LogP contribution in [0.25, 0.3) is 0 Å². The minimum absolute atomic E-state index is 0.00724. The van der Waals surface area contributed by atoms with E-state index in [1.54, 1.807) is 31.2 Å².